The number of hydrogen-bond acceptors (Lipinski definition) is 6. The van der Waals surface area contributed by atoms with E-state index in [2.05, 4.69) is 20.6 Å². The first-order valence-electron chi connectivity index (χ1n) is 10.1. The number of nitrogens with one attached hydrogen (secondary N) is 2. The highest BCUT2D eigenvalue weighted by atomic mass is 19.1. The van der Waals surface area contributed by atoms with Crippen LogP contribution in [-0.2, 0) is 0 Å². The summed E-state index contributed by atoms with van der Waals surface area (Å²) in [6, 6.07) is 0. The first-order valence-corrected chi connectivity index (χ1v) is 10.1. The summed E-state index contributed by atoms with van der Waals surface area (Å²) in [5, 5.41) is 28.2. The lowest BCUT2D eigenvalue weighted by molar-refractivity contribution is 0.0305. The summed E-state index contributed by atoms with van der Waals surface area (Å²) in [5.41, 5.74) is 0.921. The van der Waals surface area contributed by atoms with Gasteiger partial charge in [-0.3, -0.25) is 20.6 Å². The number of halogens is 1. The maximum absolute atomic E-state index is 13.6. The number of aliphatic hydroxyl groups excluding tert-OH is 2. The van der Waals surface area contributed by atoms with Crippen molar-refractivity contribution in [2.45, 2.75) is 75.4 Å². The number of fused-ring (bicyclic) bond motifs is 2. The number of aryl methyl sites for hydroxylation is 1. The van der Waals surface area contributed by atoms with Crippen molar-refractivity contribution in [1.82, 2.24) is 20.6 Å². The Morgan fingerprint density at radius 3 is 2.61 bits per heavy atom. The Labute approximate surface area is 165 Å². The van der Waals surface area contributed by atoms with Crippen molar-refractivity contribution in [3.05, 3.63) is 47.8 Å². The second-order valence-corrected chi connectivity index (χ2v) is 8.68. The van der Waals surface area contributed by atoms with Gasteiger partial charge < -0.3 is 10.2 Å². The summed E-state index contributed by atoms with van der Waals surface area (Å²) in [6.07, 6.45) is 12.4. The van der Waals surface area contributed by atoms with Crippen LogP contribution >= 0.6 is 0 Å². The second-order valence-electron chi connectivity index (χ2n) is 8.68. The number of rotatable bonds is 6. The van der Waals surface area contributed by atoms with E-state index in [4.69, 9.17) is 0 Å². The molecule has 2 fully saturated rings. The minimum Gasteiger partial charge on any atom is -0.378 e. The summed E-state index contributed by atoms with van der Waals surface area (Å²) in [4.78, 5) is 8.49. The molecule has 152 valence electrons. The van der Waals surface area contributed by atoms with E-state index in [9.17, 15) is 14.6 Å². The van der Waals surface area contributed by atoms with Crippen LogP contribution in [0.3, 0.4) is 0 Å². The molecule has 28 heavy (non-hydrogen) atoms. The standard InChI is InChI=1S/C21H29FN4O2/c1-14-11-23-12-17(24-14)19(28)26-21-7-3-6-20(13-21,8-9-21)25-18(27)15-4-2-5-16(22)10-15/h2,4-5,11-12,15,18-19,25-28H,3,6-10,13H2,1H3/t15-,18?,19?,20?,21?/m0/s1. The van der Waals surface area contributed by atoms with Crippen LogP contribution in [0.25, 0.3) is 0 Å². The highest BCUT2D eigenvalue weighted by molar-refractivity contribution is 5.18. The van der Waals surface area contributed by atoms with Gasteiger partial charge in [0.05, 0.1) is 11.9 Å². The Kier molecular flexibility index (Phi) is 5.35. The zero-order valence-corrected chi connectivity index (χ0v) is 16.2. The molecule has 4 N–H and O–H groups in total. The van der Waals surface area contributed by atoms with Crippen LogP contribution in [0.4, 0.5) is 4.39 Å². The van der Waals surface area contributed by atoms with Gasteiger partial charge in [-0.15, -0.1) is 0 Å². The number of aromatic nitrogens is 2. The van der Waals surface area contributed by atoms with Gasteiger partial charge in [0.15, 0.2) is 0 Å². The Balaban J connectivity index is 1.42. The molecule has 0 radical (unpaired) electrons. The van der Waals surface area contributed by atoms with Crippen molar-refractivity contribution < 1.29 is 14.6 Å². The Hall–Kier alpha value is -1.67. The van der Waals surface area contributed by atoms with Gasteiger partial charge >= 0.3 is 0 Å². The van der Waals surface area contributed by atoms with E-state index < -0.39 is 12.5 Å². The first-order chi connectivity index (χ1) is 13.4. The summed E-state index contributed by atoms with van der Waals surface area (Å²) < 4.78 is 13.6. The van der Waals surface area contributed by atoms with Gasteiger partial charge in [-0.2, -0.15) is 0 Å². The molecular formula is C21H29FN4O2. The zero-order chi connectivity index (χ0) is 19.8. The number of aliphatic hydroxyl groups is 2. The molecule has 2 bridgehead atoms. The van der Waals surface area contributed by atoms with Crippen molar-refractivity contribution in [2.75, 3.05) is 0 Å². The molecule has 6 nitrogen and oxygen atoms in total. The summed E-state index contributed by atoms with van der Waals surface area (Å²) >= 11 is 0. The van der Waals surface area contributed by atoms with E-state index in [1.807, 2.05) is 13.0 Å². The van der Waals surface area contributed by atoms with Gasteiger partial charge in [-0.05, 0) is 51.5 Å². The van der Waals surface area contributed by atoms with Crippen molar-refractivity contribution in [1.29, 1.82) is 0 Å². The van der Waals surface area contributed by atoms with Crippen molar-refractivity contribution in [3.8, 4) is 0 Å². The fraction of sp³-hybridized carbons (Fsp3) is 0.619. The molecule has 1 heterocycles. The Morgan fingerprint density at radius 2 is 1.89 bits per heavy atom. The smallest absolute Gasteiger partial charge is 0.150 e. The van der Waals surface area contributed by atoms with E-state index in [1.165, 1.54) is 6.08 Å². The fourth-order valence-electron chi connectivity index (χ4n) is 5.17. The zero-order valence-electron chi connectivity index (χ0n) is 16.2. The van der Waals surface area contributed by atoms with Crippen LogP contribution in [0.15, 0.2) is 36.4 Å². The number of hydrogen-bond donors (Lipinski definition) is 4. The van der Waals surface area contributed by atoms with Crippen molar-refractivity contribution in [2.24, 2.45) is 5.92 Å². The lowest BCUT2D eigenvalue weighted by atomic mass is 9.78. The van der Waals surface area contributed by atoms with Crippen LogP contribution in [0.5, 0.6) is 0 Å². The second kappa shape index (κ2) is 7.63. The van der Waals surface area contributed by atoms with Gasteiger partial charge in [0, 0.05) is 29.6 Å². The summed E-state index contributed by atoms with van der Waals surface area (Å²) in [7, 11) is 0. The molecule has 0 amide bonds. The molecule has 0 aromatic carbocycles. The van der Waals surface area contributed by atoms with Crippen LogP contribution in [-0.4, -0.2) is 37.5 Å². The maximum atomic E-state index is 13.6. The molecule has 7 heteroatoms. The van der Waals surface area contributed by atoms with Crippen molar-refractivity contribution >= 4 is 0 Å². The number of nitrogens with zero attached hydrogens (tertiary/aromatic N) is 2. The molecule has 0 spiro atoms. The predicted octanol–water partition coefficient (Wildman–Crippen LogP) is 2.55. The van der Waals surface area contributed by atoms with Gasteiger partial charge in [-0.1, -0.05) is 12.2 Å². The van der Waals surface area contributed by atoms with Crippen LogP contribution < -0.4 is 10.6 Å². The van der Waals surface area contributed by atoms with Gasteiger partial charge in [-0.25, -0.2) is 4.39 Å². The van der Waals surface area contributed by atoms with Crippen LogP contribution in [0.2, 0.25) is 0 Å². The average molecular weight is 388 g/mol. The summed E-state index contributed by atoms with van der Waals surface area (Å²) in [5.74, 6) is -0.447. The monoisotopic (exact) mass is 388 g/mol. The topological polar surface area (TPSA) is 90.3 Å². The third kappa shape index (κ3) is 4.03. The third-order valence-corrected chi connectivity index (χ3v) is 6.49. The van der Waals surface area contributed by atoms with E-state index in [0.29, 0.717) is 5.69 Å². The number of allylic oxidation sites excluding steroid dienone is 3. The van der Waals surface area contributed by atoms with Crippen LogP contribution in [0, 0.1) is 12.8 Å². The highest BCUT2D eigenvalue weighted by Gasteiger charge is 2.52. The Morgan fingerprint density at radius 1 is 1.14 bits per heavy atom. The molecule has 0 saturated heterocycles. The molecule has 1 aromatic heterocycles. The predicted molar refractivity (Wildman–Crippen MR) is 104 cm³/mol. The molecule has 2 saturated carbocycles. The lowest BCUT2D eigenvalue weighted by Crippen LogP contribution is -2.56. The molecule has 5 atom stereocenters. The molecule has 3 aliphatic rings. The molecule has 4 unspecified atom stereocenters. The minimum atomic E-state index is -0.869. The van der Waals surface area contributed by atoms with Gasteiger partial charge in [0.1, 0.15) is 24.0 Å². The van der Waals surface area contributed by atoms with Gasteiger partial charge in [0.25, 0.3) is 0 Å². The van der Waals surface area contributed by atoms with Crippen LogP contribution in [0.1, 0.15) is 62.6 Å². The quantitative estimate of drug-likeness (QED) is 0.560. The molecule has 4 rings (SSSR count). The van der Waals surface area contributed by atoms with E-state index in [-0.39, 0.29) is 29.2 Å². The van der Waals surface area contributed by atoms with E-state index >= 15 is 0 Å². The molecule has 0 aliphatic heterocycles. The van der Waals surface area contributed by atoms with E-state index in [0.717, 1.165) is 44.2 Å². The lowest BCUT2D eigenvalue weighted by Gasteiger charge is -2.43. The minimum absolute atomic E-state index is 0.186. The highest BCUT2D eigenvalue weighted by Crippen LogP contribution is 2.49. The largest absolute Gasteiger partial charge is 0.378 e. The summed E-state index contributed by atoms with van der Waals surface area (Å²) in [6.45, 7) is 1.85. The first kappa shape index (κ1) is 19.6. The average Bonchev–Trinajstić information content (AvgIpc) is 2.91. The molecule has 3 aliphatic carbocycles. The van der Waals surface area contributed by atoms with Crippen molar-refractivity contribution in [3.63, 3.8) is 0 Å². The van der Waals surface area contributed by atoms with E-state index in [1.54, 1.807) is 18.5 Å². The molecular weight excluding hydrogens is 359 g/mol. The maximum Gasteiger partial charge on any atom is 0.150 e. The Bertz CT molecular complexity index is 785. The SMILES string of the molecule is Cc1cncc(C(O)NC23CCCC(NC(O)[C@H]4C=CC=C(F)C4)(CC2)C3)n1. The molecule has 1 aromatic rings. The fourth-order valence-corrected chi connectivity index (χ4v) is 5.17. The normalized spacial score (nSPS) is 34.1. The third-order valence-electron chi connectivity index (χ3n) is 6.49. The van der Waals surface area contributed by atoms with Gasteiger partial charge in [0.2, 0.25) is 0 Å².